The van der Waals surface area contributed by atoms with Gasteiger partial charge in [0, 0.05) is 11.8 Å². The second-order valence-corrected chi connectivity index (χ2v) is 4.26. The maximum Gasteiger partial charge on any atom is 0.0677 e. The third kappa shape index (κ3) is 0.910. The average molecular weight is 174 g/mol. The van der Waals surface area contributed by atoms with E-state index in [9.17, 15) is 5.11 Å². The van der Waals surface area contributed by atoms with Crippen LogP contribution in [0.3, 0.4) is 0 Å². The molecule has 1 aromatic rings. The third-order valence-corrected chi connectivity index (χ3v) is 3.65. The number of hydrogen-bond acceptors (Lipinski definition) is 1. The highest BCUT2D eigenvalue weighted by atomic mass is 16.3. The molecule has 1 aromatic carbocycles. The van der Waals surface area contributed by atoms with Crippen molar-refractivity contribution in [1.29, 1.82) is 0 Å². The van der Waals surface area contributed by atoms with Gasteiger partial charge in [-0.1, -0.05) is 30.7 Å². The predicted molar refractivity (Wildman–Crippen MR) is 51.8 cm³/mol. The fourth-order valence-corrected chi connectivity index (χ4v) is 3.04. The SMILES string of the molecule is OC1C2CCCC1c1ccccc12. The van der Waals surface area contributed by atoms with E-state index >= 15 is 0 Å². The Hall–Kier alpha value is -0.820. The van der Waals surface area contributed by atoms with Gasteiger partial charge in [-0.25, -0.2) is 0 Å². The third-order valence-electron chi connectivity index (χ3n) is 3.65. The van der Waals surface area contributed by atoms with Crippen molar-refractivity contribution in [2.45, 2.75) is 37.2 Å². The van der Waals surface area contributed by atoms with E-state index in [4.69, 9.17) is 0 Å². The van der Waals surface area contributed by atoms with Gasteiger partial charge in [0.15, 0.2) is 0 Å². The normalized spacial score (nSPS) is 35.9. The van der Waals surface area contributed by atoms with Crippen LogP contribution < -0.4 is 0 Å². The van der Waals surface area contributed by atoms with Gasteiger partial charge in [0.05, 0.1) is 6.10 Å². The lowest BCUT2D eigenvalue weighted by Gasteiger charge is -2.25. The van der Waals surface area contributed by atoms with Crippen molar-refractivity contribution in [3.05, 3.63) is 35.4 Å². The average Bonchev–Trinajstić information content (AvgIpc) is 2.36. The molecule has 1 fully saturated rings. The molecule has 1 nitrogen and oxygen atoms in total. The molecule has 2 aliphatic carbocycles. The Balaban J connectivity index is 2.17. The van der Waals surface area contributed by atoms with Crippen molar-refractivity contribution in [3.8, 4) is 0 Å². The summed E-state index contributed by atoms with van der Waals surface area (Å²) in [6, 6.07) is 8.56. The summed E-state index contributed by atoms with van der Waals surface area (Å²) in [5, 5.41) is 10.0. The topological polar surface area (TPSA) is 20.2 Å². The van der Waals surface area contributed by atoms with Gasteiger partial charge in [0.25, 0.3) is 0 Å². The van der Waals surface area contributed by atoms with E-state index < -0.39 is 0 Å². The zero-order valence-electron chi connectivity index (χ0n) is 7.61. The molecule has 1 N–H and O–H groups in total. The minimum Gasteiger partial charge on any atom is -0.392 e. The van der Waals surface area contributed by atoms with E-state index in [0.717, 1.165) is 0 Å². The zero-order valence-corrected chi connectivity index (χ0v) is 7.61. The van der Waals surface area contributed by atoms with Crippen molar-refractivity contribution in [2.24, 2.45) is 0 Å². The van der Waals surface area contributed by atoms with E-state index in [2.05, 4.69) is 24.3 Å². The molecule has 2 atom stereocenters. The molecule has 2 aliphatic rings. The molecular formula is C12H14O. The Bertz CT molecular complexity index is 301. The van der Waals surface area contributed by atoms with Crippen molar-refractivity contribution < 1.29 is 5.11 Å². The first-order valence-electron chi connectivity index (χ1n) is 5.15. The van der Waals surface area contributed by atoms with Crippen LogP contribution in [0.4, 0.5) is 0 Å². The van der Waals surface area contributed by atoms with Crippen molar-refractivity contribution in [3.63, 3.8) is 0 Å². The molecule has 1 heteroatoms. The first-order valence-corrected chi connectivity index (χ1v) is 5.15. The van der Waals surface area contributed by atoms with Crippen molar-refractivity contribution >= 4 is 0 Å². The standard InChI is InChI=1S/C12H14O/c13-12-10-6-3-7-11(12)9-5-2-1-4-8(9)10/h1-2,4-5,10-13H,3,6-7H2. The number of hydrogen-bond donors (Lipinski definition) is 1. The van der Waals surface area contributed by atoms with E-state index in [1.165, 1.54) is 30.4 Å². The van der Waals surface area contributed by atoms with E-state index in [-0.39, 0.29) is 6.10 Å². The maximum absolute atomic E-state index is 10.0. The summed E-state index contributed by atoms with van der Waals surface area (Å²) in [5.74, 6) is 0.880. The summed E-state index contributed by atoms with van der Waals surface area (Å²) in [7, 11) is 0. The van der Waals surface area contributed by atoms with Gasteiger partial charge in [-0.3, -0.25) is 0 Å². The highest BCUT2D eigenvalue weighted by Crippen LogP contribution is 2.50. The van der Waals surface area contributed by atoms with Crippen LogP contribution in [-0.4, -0.2) is 11.2 Å². The Kier molecular flexibility index (Phi) is 1.50. The molecular weight excluding hydrogens is 160 g/mol. The van der Waals surface area contributed by atoms with Gasteiger partial charge >= 0.3 is 0 Å². The molecule has 0 aromatic heterocycles. The molecule has 2 unspecified atom stereocenters. The lowest BCUT2D eigenvalue weighted by atomic mass is 9.84. The van der Waals surface area contributed by atoms with Crippen LogP contribution >= 0.6 is 0 Å². The second-order valence-electron chi connectivity index (χ2n) is 4.26. The summed E-state index contributed by atoms with van der Waals surface area (Å²) in [5.41, 5.74) is 2.83. The van der Waals surface area contributed by atoms with E-state index in [1.54, 1.807) is 0 Å². The number of fused-ring (bicyclic) bond motifs is 5. The summed E-state index contributed by atoms with van der Waals surface area (Å²) in [6.07, 6.45) is 3.54. The van der Waals surface area contributed by atoms with Gasteiger partial charge < -0.3 is 5.11 Å². The van der Waals surface area contributed by atoms with Crippen LogP contribution in [0, 0.1) is 0 Å². The number of aliphatic hydroxyl groups excluding tert-OH is 1. The number of rotatable bonds is 0. The van der Waals surface area contributed by atoms with Crippen LogP contribution in [0.1, 0.15) is 42.2 Å². The van der Waals surface area contributed by atoms with Crippen LogP contribution in [0.25, 0.3) is 0 Å². The second kappa shape index (κ2) is 2.58. The van der Waals surface area contributed by atoms with Crippen LogP contribution in [0.2, 0.25) is 0 Å². The van der Waals surface area contributed by atoms with Crippen LogP contribution in [-0.2, 0) is 0 Å². The Morgan fingerprint density at radius 3 is 2.08 bits per heavy atom. The Morgan fingerprint density at radius 1 is 1.00 bits per heavy atom. The molecule has 68 valence electrons. The summed E-state index contributed by atoms with van der Waals surface area (Å²) >= 11 is 0. The van der Waals surface area contributed by atoms with Crippen molar-refractivity contribution in [2.75, 3.05) is 0 Å². The minimum atomic E-state index is -0.0915. The number of benzene rings is 1. The van der Waals surface area contributed by atoms with E-state index in [0.29, 0.717) is 11.8 Å². The molecule has 0 heterocycles. The predicted octanol–water partition coefficient (Wildman–Crippen LogP) is 2.41. The highest BCUT2D eigenvalue weighted by molar-refractivity contribution is 5.41. The molecule has 0 saturated heterocycles. The van der Waals surface area contributed by atoms with Crippen LogP contribution in [0.15, 0.2) is 24.3 Å². The maximum atomic E-state index is 10.0. The molecule has 1 saturated carbocycles. The summed E-state index contributed by atoms with van der Waals surface area (Å²) in [4.78, 5) is 0. The van der Waals surface area contributed by atoms with Gasteiger partial charge in [0.2, 0.25) is 0 Å². The Morgan fingerprint density at radius 2 is 1.54 bits per heavy atom. The molecule has 0 spiro atoms. The van der Waals surface area contributed by atoms with Crippen LogP contribution in [0.5, 0.6) is 0 Å². The Labute approximate surface area is 78.4 Å². The number of aliphatic hydroxyl groups is 1. The molecule has 0 amide bonds. The monoisotopic (exact) mass is 174 g/mol. The van der Waals surface area contributed by atoms with Gasteiger partial charge in [-0.2, -0.15) is 0 Å². The zero-order chi connectivity index (χ0) is 8.84. The largest absolute Gasteiger partial charge is 0.392 e. The smallest absolute Gasteiger partial charge is 0.0677 e. The highest BCUT2D eigenvalue weighted by Gasteiger charge is 2.41. The lowest BCUT2D eigenvalue weighted by molar-refractivity contribution is 0.100. The van der Waals surface area contributed by atoms with Crippen molar-refractivity contribution in [1.82, 2.24) is 0 Å². The first kappa shape index (κ1) is 7.57. The fraction of sp³-hybridized carbons (Fsp3) is 0.500. The quantitative estimate of drug-likeness (QED) is 0.640. The first-order chi connectivity index (χ1) is 6.38. The van der Waals surface area contributed by atoms with Gasteiger partial charge in [-0.05, 0) is 24.0 Å². The van der Waals surface area contributed by atoms with E-state index in [1.807, 2.05) is 0 Å². The molecule has 0 radical (unpaired) electrons. The van der Waals surface area contributed by atoms with Gasteiger partial charge in [-0.15, -0.1) is 0 Å². The molecule has 3 rings (SSSR count). The summed E-state index contributed by atoms with van der Waals surface area (Å²) < 4.78 is 0. The summed E-state index contributed by atoms with van der Waals surface area (Å²) in [6.45, 7) is 0. The molecule has 13 heavy (non-hydrogen) atoms. The fourth-order valence-electron chi connectivity index (χ4n) is 3.04. The minimum absolute atomic E-state index is 0.0915. The molecule has 2 bridgehead atoms. The van der Waals surface area contributed by atoms with Gasteiger partial charge in [0.1, 0.15) is 0 Å². The lowest BCUT2D eigenvalue weighted by Crippen LogP contribution is -2.22. The molecule has 0 aliphatic heterocycles.